The number of ether oxygens (including phenoxy) is 4. The van der Waals surface area contributed by atoms with Crippen molar-refractivity contribution in [3.05, 3.63) is 0 Å². The number of unbranched alkanes of at least 4 members (excludes halogenated alkanes) is 45. The second-order valence-electron chi connectivity index (χ2n) is 26.8. The van der Waals surface area contributed by atoms with E-state index in [0.29, 0.717) is 25.7 Å². The van der Waals surface area contributed by atoms with Gasteiger partial charge in [-0.1, -0.05) is 330 Å². The SMILES string of the molecule is CCCCCCCCCCCCCCCCCCCC(=O)O[C@H](COC(=O)CCCCCCCCCCCCCCC(C)C)COP(=O)(O)OC[C@@H](O)COP(=O)(O)OC[C@@H](COC(=O)CCCCCCCCCCC)OC(=O)CCCCCCCCCCCCC. The average Bonchev–Trinajstić information content (AvgIpc) is 1.90. The number of aliphatic hydroxyl groups is 1. The molecule has 0 aromatic rings. The molecule has 0 radical (unpaired) electrons. The Hall–Kier alpha value is -1.94. The van der Waals surface area contributed by atoms with Gasteiger partial charge in [-0.15, -0.1) is 0 Å². The van der Waals surface area contributed by atoms with E-state index in [4.69, 9.17) is 37.0 Å². The highest BCUT2D eigenvalue weighted by Crippen LogP contribution is 2.45. The molecule has 0 aromatic heterocycles. The normalized spacial score (nSPS) is 14.0. The lowest BCUT2D eigenvalue weighted by Gasteiger charge is -2.21. The summed E-state index contributed by atoms with van der Waals surface area (Å²) in [6.45, 7) is 7.27. The van der Waals surface area contributed by atoms with Crippen molar-refractivity contribution in [3.63, 3.8) is 0 Å². The van der Waals surface area contributed by atoms with Gasteiger partial charge in [0.1, 0.15) is 19.3 Å². The number of hydrogen-bond acceptors (Lipinski definition) is 15. The van der Waals surface area contributed by atoms with Crippen molar-refractivity contribution in [1.82, 2.24) is 0 Å². The molecule has 0 rings (SSSR count). The van der Waals surface area contributed by atoms with Crippen LogP contribution in [-0.2, 0) is 65.4 Å². The predicted molar refractivity (Wildman–Crippen MR) is 372 cm³/mol. The van der Waals surface area contributed by atoms with Gasteiger partial charge in [-0.05, 0) is 31.6 Å². The maximum absolute atomic E-state index is 13.1. The molecule has 19 heteroatoms. The maximum atomic E-state index is 13.1. The van der Waals surface area contributed by atoms with Crippen LogP contribution in [0.25, 0.3) is 0 Å². The Morgan fingerprint density at radius 2 is 0.500 bits per heavy atom. The van der Waals surface area contributed by atoms with Gasteiger partial charge in [-0.2, -0.15) is 0 Å². The Kier molecular flexibility index (Phi) is 64.9. The molecule has 0 fully saturated rings. The van der Waals surface area contributed by atoms with Crippen LogP contribution in [0.3, 0.4) is 0 Å². The summed E-state index contributed by atoms with van der Waals surface area (Å²) in [5, 5.41) is 10.6. The van der Waals surface area contributed by atoms with E-state index in [1.165, 1.54) is 205 Å². The summed E-state index contributed by atoms with van der Waals surface area (Å²) >= 11 is 0. The van der Waals surface area contributed by atoms with E-state index in [9.17, 15) is 43.2 Å². The topological polar surface area (TPSA) is 237 Å². The van der Waals surface area contributed by atoms with Gasteiger partial charge in [0.05, 0.1) is 26.4 Å². The lowest BCUT2D eigenvalue weighted by Crippen LogP contribution is -2.30. The molecule has 2 unspecified atom stereocenters. The maximum Gasteiger partial charge on any atom is 0.472 e. The molecule has 0 amide bonds. The minimum Gasteiger partial charge on any atom is -0.462 e. The van der Waals surface area contributed by atoms with Gasteiger partial charge in [0.2, 0.25) is 0 Å². The third kappa shape index (κ3) is 66.7. The summed E-state index contributed by atoms with van der Waals surface area (Å²) in [5.74, 6) is -1.34. The van der Waals surface area contributed by atoms with Crippen LogP contribution in [0.15, 0.2) is 0 Å². The molecule has 546 valence electrons. The lowest BCUT2D eigenvalue weighted by atomic mass is 10.0. The minimum absolute atomic E-state index is 0.107. The van der Waals surface area contributed by atoms with E-state index in [1.807, 2.05) is 0 Å². The van der Waals surface area contributed by atoms with Crippen molar-refractivity contribution < 1.29 is 80.2 Å². The van der Waals surface area contributed by atoms with E-state index < -0.39 is 97.5 Å². The summed E-state index contributed by atoms with van der Waals surface area (Å²) in [6.07, 6.45) is 54.0. The van der Waals surface area contributed by atoms with Gasteiger partial charge in [0.15, 0.2) is 12.2 Å². The number of carbonyl (C=O) groups is 4. The number of esters is 4. The van der Waals surface area contributed by atoms with E-state index in [-0.39, 0.29) is 25.7 Å². The zero-order valence-corrected chi connectivity index (χ0v) is 61.5. The van der Waals surface area contributed by atoms with Crippen LogP contribution in [0.1, 0.15) is 381 Å². The van der Waals surface area contributed by atoms with Gasteiger partial charge in [-0.3, -0.25) is 37.3 Å². The molecule has 0 aliphatic rings. The number of rotatable bonds is 73. The zero-order valence-electron chi connectivity index (χ0n) is 59.7. The van der Waals surface area contributed by atoms with Crippen molar-refractivity contribution in [3.8, 4) is 0 Å². The summed E-state index contributed by atoms with van der Waals surface area (Å²) < 4.78 is 68.4. The molecular formula is C73H142O17P2. The number of hydrogen-bond donors (Lipinski definition) is 3. The van der Waals surface area contributed by atoms with Crippen LogP contribution in [0.2, 0.25) is 0 Å². The molecule has 0 saturated heterocycles. The van der Waals surface area contributed by atoms with E-state index in [1.54, 1.807) is 0 Å². The van der Waals surface area contributed by atoms with Crippen molar-refractivity contribution in [2.24, 2.45) is 5.92 Å². The lowest BCUT2D eigenvalue weighted by molar-refractivity contribution is -0.161. The smallest absolute Gasteiger partial charge is 0.462 e. The predicted octanol–water partition coefficient (Wildman–Crippen LogP) is 21.3. The van der Waals surface area contributed by atoms with Crippen molar-refractivity contribution in [1.29, 1.82) is 0 Å². The fourth-order valence-corrected chi connectivity index (χ4v) is 12.8. The van der Waals surface area contributed by atoms with Gasteiger partial charge in [-0.25, -0.2) is 9.13 Å². The fourth-order valence-electron chi connectivity index (χ4n) is 11.2. The van der Waals surface area contributed by atoms with Crippen molar-refractivity contribution in [2.75, 3.05) is 39.6 Å². The third-order valence-electron chi connectivity index (χ3n) is 17.0. The highest BCUT2D eigenvalue weighted by molar-refractivity contribution is 7.47. The van der Waals surface area contributed by atoms with Gasteiger partial charge in [0.25, 0.3) is 0 Å². The van der Waals surface area contributed by atoms with Crippen LogP contribution in [0.4, 0.5) is 0 Å². The molecular weight excluding hydrogens is 1210 g/mol. The first-order chi connectivity index (χ1) is 44.5. The van der Waals surface area contributed by atoms with Gasteiger partial charge < -0.3 is 33.8 Å². The summed E-state index contributed by atoms with van der Waals surface area (Å²) in [7, 11) is -9.90. The Morgan fingerprint density at radius 3 is 0.739 bits per heavy atom. The summed E-state index contributed by atoms with van der Waals surface area (Å²) in [4.78, 5) is 72.6. The number of carbonyl (C=O) groups excluding carboxylic acids is 4. The second-order valence-corrected chi connectivity index (χ2v) is 29.7. The van der Waals surface area contributed by atoms with Crippen LogP contribution >= 0.6 is 15.6 Å². The second kappa shape index (κ2) is 66.3. The highest BCUT2D eigenvalue weighted by Gasteiger charge is 2.30. The quantitative estimate of drug-likeness (QED) is 0.0222. The van der Waals surface area contributed by atoms with E-state index in [0.717, 1.165) is 95.8 Å². The van der Waals surface area contributed by atoms with Crippen LogP contribution < -0.4 is 0 Å². The number of aliphatic hydroxyl groups excluding tert-OH is 1. The largest absolute Gasteiger partial charge is 0.472 e. The minimum atomic E-state index is -4.95. The zero-order chi connectivity index (χ0) is 67.7. The molecule has 0 bridgehead atoms. The summed E-state index contributed by atoms with van der Waals surface area (Å²) in [5.41, 5.74) is 0. The summed E-state index contributed by atoms with van der Waals surface area (Å²) in [6, 6.07) is 0. The molecule has 92 heavy (non-hydrogen) atoms. The molecule has 3 N–H and O–H groups in total. The molecule has 5 atom stereocenters. The van der Waals surface area contributed by atoms with Gasteiger partial charge >= 0.3 is 39.5 Å². The average molecular weight is 1350 g/mol. The van der Waals surface area contributed by atoms with Crippen molar-refractivity contribution in [2.45, 2.75) is 400 Å². The Bertz CT molecular complexity index is 1770. The molecule has 0 aromatic carbocycles. The third-order valence-corrected chi connectivity index (χ3v) is 18.9. The molecule has 0 aliphatic heterocycles. The Labute approximate surface area is 562 Å². The first kappa shape index (κ1) is 90.1. The number of phosphoric ester groups is 2. The molecule has 0 saturated carbocycles. The van der Waals surface area contributed by atoms with Crippen LogP contribution in [-0.4, -0.2) is 96.7 Å². The first-order valence-electron chi connectivity index (χ1n) is 38.1. The van der Waals surface area contributed by atoms with E-state index >= 15 is 0 Å². The fraction of sp³-hybridized carbons (Fsp3) is 0.945. The Morgan fingerprint density at radius 1 is 0.293 bits per heavy atom. The van der Waals surface area contributed by atoms with Crippen molar-refractivity contribution >= 4 is 39.5 Å². The van der Waals surface area contributed by atoms with E-state index in [2.05, 4.69) is 34.6 Å². The van der Waals surface area contributed by atoms with Crippen LogP contribution in [0.5, 0.6) is 0 Å². The first-order valence-corrected chi connectivity index (χ1v) is 41.1. The molecule has 0 heterocycles. The number of phosphoric acid groups is 2. The highest BCUT2D eigenvalue weighted by atomic mass is 31.2. The van der Waals surface area contributed by atoms with Gasteiger partial charge in [0, 0.05) is 25.7 Å². The molecule has 17 nitrogen and oxygen atoms in total. The molecule has 0 aliphatic carbocycles. The standard InChI is InChI=1S/C73H142O17P2/c1-6-9-12-15-18-21-23-24-25-26-27-28-34-39-44-49-54-59-73(78)90-69(63-84-71(76)57-52-47-42-37-33-30-29-32-36-40-45-50-55-66(4)5)65-88-92(81,82)86-61-67(74)60-85-91(79,80)87-64-68(62-83-70(75)56-51-46-41-35-20-17-14-11-8-3)89-72(77)58-53-48-43-38-31-22-19-16-13-10-7-2/h66-69,74H,6-65H2,1-5H3,(H,79,80)(H,81,82)/t67-,68+,69+/m0/s1. The molecule has 0 spiro atoms. The monoisotopic (exact) mass is 1350 g/mol. The Balaban J connectivity index is 5.22. The van der Waals surface area contributed by atoms with Crippen LogP contribution in [0, 0.1) is 5.92 Å².